The molecular weight excluding hydrogens is 244 g/mol. The van der Waals surface area contributed by atoms with Crippen molar-refractivity contribution < 1.29 is 19.1 Å². The first-order chi connectivity index (χ1) is 8.93. The molecular formula is C15H26O4. The first kappa shape index (κ1) is 16.0. The molecule has 0 aromatic heterocycles. The summed E-state index contributed by atoms with van der Waals surface area (Å²) in [5.74, 6) is 0.520. The van der Waals surface area contributed by atoms with Gasteiger partial charge in [-0.25, -0.2) is 0 Å². The maximum atomic E-state index is 11.7. The van der Waals surface area contributed by atoms with Crippen molar-refractivity contribution in [2.24, 2.45) is 17.8 Å². The summed E-state index contributed by atoms with van der Waals surface area (Å²) in [6, 6.07) is 0. The normalized spacial score (nSPS) is 27.1. The Morgan fingerprint density at radius 2 is 1.89 bits per heavy atom. The van der Waals surface area contributed by atoms with Gasteiger partial charge in [0, 0.05) is 0 Å². The summed E-state index contributed by atoms with van der Waals surface area (Å²) in [6.45, 7) is 8.52. The Morgan fingerprint density at radius 3 is 2.47 bits per heavy atom. The van der Waals surface area contributed by atoms with Gasteiger partial charge in [-0.1, -0.05) is 27.2 Å². The topological polar surface area (TPSA) is 52.6 Å². The van der Waals surface area contributed by atoms with E-state index >= 15 is 0 Å². The highest BCUT2D eigenvalue weighted by Crippen LogP contribution is 2.35. The molecule has 4 heteroatoms. The zero-order chi connectivity index (χ0) is 14.4. The van der Waals surface area contributed by atoms with Crippen LogP contribution in [-0.2, 0) is 19.1 Å². The molecule has 1 saturated carbocycles. The van der Waals surface area contributed by atoms with Gasteiger partial charge in [-0.05, 0) is 37.5 Å². The van der Waals surface area contributed by atoms with E-state index in [-0.39, 0.29) is 12.5 Å². The van der Waals surface area contributed by atoms with Gasteiger partial charge in [-0.3, -0.25) is 9.59 Å². The highest BCUT2D eigenvalue weighted by molar-refractivity contribution is 5.91. The molecule has 1 aliphatic carbocycles. The molecule has 0 radical (unpaired) electrons. The maximum Gasteiger partial charge on any atom is 0.317 e. The zero-order valence-electron chi connectivity index (χ0n) is 12.5. The fraction of sp³-hybridized carbons (Fsp3) is 0.867. The van der Waals surface area contributed by atoms with Gasteiger partial charge in [0.25, 0.3) is 0 Å². The first-order valence-electron chi connectivity index (χ1n) is 7.29. The lowest BCUT2D eigenvalue weighted by molar-refractivity contribution is -0.162. The summed E-state index contributed by atoms with van der Waals surface area (Å²) in [5.41, 5.74) is 0. The van der Waals surface area contributed by atoms with Crippen molar-refractivity contribution in [2.45, 2.75) is 59.5 Å². The Morgan fingerprint density at radius 1 is 1.21 bits per heavy atom. The fourth-order valence-corrected chi connectivity index (χ4v) is 2.79. The van der Waals surface area contributed by atoms with E-state index in [9.17, 15) is 9.59 Å². The van der Waals surface area contributed by atoms with E-state index in [1.165, 1.54) is 6.42 Å². The van der Waals surface area contributed by atoms with Crippen LogP contribution in [0.2, 0.25) is 0 Å². The minimum Gasteiger partial charge on any atom is -0.466 e. The second-order valence-electron chi connectivity index (χ2n) is 5.84. The molecule has 0 aromatic rings. The minimum atomic E-state index is -0.502. The highest BCUT2D eigenvalue weighted by Gasteiger charge is 2.33. The Kier molecular flexibility index (Phi) is 6.32. The summed E-state index contributed by atoms with van der Waals surface area (Å²) in [6.07, 6.45) is 2.86. The summed E-state index contributed by atoms with van der Waals surface area (Å²) in [7, 11) is 0. The van der Waals surface area contributed by atoms with Crippen molar-refractivity contribution in [1.29, 1.82) is 0 Å². The molecule has 0 heterocycles. The van der Waals surface area contributed by atoms with Gasteiger partial charge in [0.15, 0.2) is 0 Å². The fourth-order valence-electron chi connectivity index (χ4n) is 2.79. The van der Waals surface area contributed by atoms with E-state index < -0.39 is 11.9 Å². The van der Waals surface area contributed by atoms with Gasteiger partial charge in [-0.2, -0.15) is 0 Å². The molecule has 0 bridgehead atoms. The average Bonchev–Trinajstić information content (AvgIpc) is 2.28. The molecule has 3 unspecified atom stereocenters. The van der Waals surface area contributed by atoms with Crippen LogP contribution in [0, 0.1) is 17.8 Å². The van der Waals surface area contributed by atoms with Gasteiger partial charge >= 0.3 is 11.9 Å². The van der Waals surface area contributed by atoms with E-state index in [0.717, 1.165) is 12.8 Å². The molecule has 0 aromatic carbocycles. The number of hydrogen-bond donors (Lipinski definition) is 0. The molecule has 0 N–H and O–H groups in total. The van der Waals surface area contributed by atoms with Crippen LogP contribution in [0.25, 0.3) is 0 Å². The molecule has 0 saturated heterocycles. The van der Waals surface area contributed by atoms with Gasteiger partial charge in [0.05, 0.1) is 6.61 Å². The lowest BCUT2D eigenvalue weighted by Crippen LogP contribution is -2.36. The van der Waals surface area contributed by atoms with Crippen LogP contribution in [0.3, 0.4) is 0 Å². The second kappa shape index (κ2) is 7.51. The standard InChI is InChI=1S/C15H26O4/c1-5-18-14(16)9-15(17)19-13-8-11(4)6-7-12(13)10(2)3/h10-13H,5-9H2,1-4H3. The smallest absolute Gasteiger partial charge is 0.317 e. The predicted octanol–water partition coefficient (Wildman–Crippen LogP) is 2.94. The molecule has 1 aliphatic rings. The number of rotatable bonds is 5. The molecule has 1 rings (SSSR count). The Hall–Kier alpha value is -1.06. The molecule has 0 spiro atoms. The molecule has 3 atom stereocenters. The largest absolute Gasteiger partial charge is 0.466 e. The van der Waals surface area contributed by atoms with E-state index in [4.69, 9.17) is 9.47 Å². The lowest BCUT2D eigenvalue weighted by atomic mass is 9.75. The van der Waals surface area contributed by atoms with Crippen LogP contribution in [-0.4, -0.2) is 24.6 Å². The van der Waals surface area contributed by atoms with Crippen molar-refractivity contribution in [3.63, 3.8) is 0 Å². The Labute approximate surface area is 115 Å². The van der Waals surface area contributed by atoms with Crippen LogP contribution < -0.4 is 0 Å². The van der Waals surface area contributed by atoms with Crippen molar-refractivity contribution in [2.75, 3.05) is 6.61 Å². The zero-order valence-corrected chi connectivity index (χ0v) is 12.5. The van der Waals surface area contributed by atoms with Crippen LogP contribution in [0.1, 0.15) is 53.4 Å². The van der Waals surface area contributed by atoms with E-state index in [0.29, 0.717) is 24.4 Å². The lowest BCUT2D eigenvalue weighted by Gasteiger charge is -2.36. The molecule has 19 heavy (non-hydrogen) atoms. The summed E-state index contributed by atoms with van der Waals surface area (Å²) in [5, 5.41) is 0. The second-order valence-corrected chi connectivity index (χ2v) is 5.84. The van der Waals surface area contributed by atoms with Gasteiger partial charge in [0.1, 0.15) is 12.5 Å². The molecule has 1 fully saturated rings. The van der Waals surface area contributed by atoms with Crippen LogP contribution in [0.5, 0.6) is 0 Å². The maximum absolute atomic E-state index is 11.7. The summed E-state index contributed by atoms with van der Waals surface area (Å²) >= 11 is 0. The van der Waals surface area contributed by atoms with Gasteiger partial charge < -0.3 is 9.47 Å². The van der Waals surface area contributed by atoms with E-state index in [1.807, 2.05) is 0 Å². The van der Waals surface area contributed by atoms with Gasteiger partial charge in [-0.15, -0.1) is 0 Å². The Bertz CT molecular complexity index is 311. The average molecular weight is 270 g/mol. The SMILES string of the molecule is CCOC(=O)CC(=O)OC1CC(C)CCC1C(C)C. The summed E-state index contributed by atoms with van der Waals surface area (Å²) < 4.78 is 10.3. The van der Waals surface area contributed by atoms with Crippen LogP contribution >= 0.6 is 0 Å². The monoisotopic (exact) mass is 270 g/mol. The van der Waals surface area contributed by atoms with Gasteiger partial charge in [0.2, 0.25) is 0 Å². The number of esters is 2. The third-order valence-corrected chi connectivity index (χ3v) is 3.84. The van der Waals surface area contributed by atoms with Crippen molar-refractivity contribution in [3.8, 4) is 0 Å². The number of carbonyl (C=O) groups excluding carboxylic acids is 2. The predicted molar refractivity (Wildman–Crippen MR) is 72.5 cm³/mol. The Balaban J connectivity index is 2.51. The quantitative estimate of drug-likeness (QED) is 0.569. The first-order valence-corrected chi connectivity index (χ1v) is 7.29. The number of hydrogen-bond acceptors (Lipinski definition) is 4. The van der Waals surface area contributed by atoms with E-state index in [2.05, 4.69) is 20.8 Å². The molecule has 0 aliphatic heterocycles. The summed E-state index contributed by atoms with van der Waals surface area (Å²) in [4.78, 5) is 23.0. The minimum absolute atomic E-state index is 0.0503. The van der Waals surface area contributed by atoms with Crippen molar-refractivity contribution in [1.82, 2.24) is 0 Å². The molecule has 4 nitrogen and oxygen atoms in total. The van der Waals surface area contributed by atoms with Crippen LogP contribution in [0.15, 0.2) is 0 Å². The molecule has 0 amide bonds. The third-order valence-electron chi connectivity index (χ3n) is 3.84. The van der Waals surface area contributed by atoms with Crippen molar-refractivity contribution in [3.05, 3.63) is 0 Å². The van der Waals surface area contributed by atoms with E-state index in [1.54, 1.807) is 6.92 Å². The van der Waals surface area contributed by atoms with Crippen molar-refractivity contribution >= 4 is 11.9 Å². The number of ether oxygens (including phenoxy) is 2. The highest BCUT2D eigenvalue weighted by atomic mass is 16.6. The van der Waals surface area contributed by atoms with Crippen LogP contribution in [0.4, 0.5) is 0 Å². The number of carbonyl (C=O) groups is 2. The third kappa shape index (κ3) is 5.21. The molecule has 110 valence electrons.